The molecule has 1 fully saturated rings. The summed E-state index contributed by atoms with van der Waals surface area (Å²) in [5.74, 6) is 0.987. The van der Waals surface area contributed by atoms with Gasteiger partial charge in [-0.05, 0) is 29.9 Å². The first-order valence-electron chi connectivity index (χ1n) is 6.60. The second-order valence-electron chi connectivity index (χ2n) is 4.99. The third-order valence-electron chi connectivity index (χ3n) is 3.75. The lowest BCUT2D eigenvalue weighted by atomic mass is 9.85. The zero-order valence-electron chi connectivity index (χ0n) is 10.1. The molecule has 0 bridgehead atoms. The fourth-order valence-corrected chi connectivity index (χ4v) is 2.72. The van der Waals surface area contributed by atoms with E-state index in [4.69, 9.17) is 0 Å². The van der Waals surface area contributed by atoms with Gasteiger partial charge in [0, 0.05) is 0 Å². The summed E-state index contributed by atoms with van der Waals surface area (Å²) < 4.78 is 0. The molecule has 0 saturated heterocycles. The minimum atomic E-state index is 0.987. The molecule has 0 nitrogen and oxygen atoms in total. The number of rotatable bonds is 4. The maximum Gasteiger partial charge on any atom is -0.0260 e. The van der Waals surface area contributed by atoms with E-state index in [1.807, 2.05) is 6.08 Å². The standard InChI is InChI=1S/C16H22/c1-2-14-9-6-10-16(13-14)12-11-15-7-4-3-5-8-15/h2,6,9-10,13,15H,1,3-5,7-8,11-12H2. The molecule has 1 aliphatic rings. The zero-order valence-corrected chi connectivity index (χ0v) is 10.1. The normalized spacial score (nSPS) is 17.2. The van der Waals surface area contributed by atoms with Crippen molar-refractivity contribution in [3.8, 4) is 0 Å². The van der Waals surface area contributed by atoms with Gasteiger partial charge in [-0.2, -0.15) is 0 Å². The van der Waals surface area contributed by atoms with E-state index in [-0.39, 0.29) is 0 Å². The highest BCUT2D eigenvalue weighted by Crippen LogP contribution is 2.27. The summed E-state index contributed by atoms with van der Waals surface area (Å²) in [5.41, 5.74) is 2.73. The predicted molar refractivity (Wildman–Crippen MR) is 71.4 cm³/mol. The Kier molecular flexibility index (Phi) is 4.21. The number of hydrogen-bond acceptors (Lipinski definition) is 0. The van der Waals surface area contributed by atoms with E-state index < -0.39 is 0 Å². The average molecular weight is 214 g/mol. The van der Waals surface area contributed by atoms with Gasteiger partial charge in [-0.15, -0.1) is 0 Å². The Labute approximate surface area is 99.4 Å². The van der Waals surface area contributed by atoms with Crippen LogP contribution in [0.4, 0.5) is 0 Å². The van der Waals surface area contributed by atoms with E-state index in [2.05, 4.69) is 30.8 Å². The van der Waals surface area contributed by atoms with E-state index in [1.165, 1.54) is 56.1 Å². The fraction of sp³-hybridized carbons (Fsp3) is 0.500. The lowest BCUT2D eigenvalue weighted by Crippen LogP contribution is -2.07. The molecule has 86 valence electrons. The molecule has 1 aromatic carbocycles. The molecule has 0 amide bonds. The van der Waals surface area contributed by atoms with Crippen molar-refractivity contribution in [2.75, 3.05) is 0 Å². The van der Waals surface area contributed by atoms with Crippen molar-refractivity contribution >= 4 is 6.08 Å². The summed E-state index contributed by atoms with van der Waals surface area (Å²) in [6.45, 7) is 3.82. The lowest BCUT2D eigenvalue weighted by molar-refractivity contribution is 0.339. The second-order valence-corrected chi connectivity index (χ2v) is 4.99. The number of aryl methyl sites for hydroxylation is 1. The van der Waals surface area contributed by atoms with Crippen LogP contribution in [-0.4, -0.2) is 0 Å². The lowest BCUT2D eigenvalue weighted by Gasteiger charge is -2.21. The van der Waals surface area contributed by atoms with Gasteiger partial charge in [0.1, 0.15) is 0 Å². The van der Waals surface area contributed by atoms with Crippen molar-refractivity contribution in [3.05, 3.63) is 42.0 Å². The van der Waals surface area contributed by atoms with E-state index in [1.54, 1.807) is 0 Å². The second kappa shape index (κ2) is 5.89. The molecule has 0 atom stereocenters. The van der Waals surface area contributed by atoms with Crippen LogP contribution in [0.3, 0.4) is 0 Å². The van der Waals surface area contributed by atoms with Crippen molar-refractivity contribution < 1.29 is 0 Å². The maximum absolute atomic E-state index is 3.82. The highest BCUT2D eigenvalue weighted by Gasteiger charge is 2.12. The number of benzene rings is 1. The Hall–Kier alpha value is -1.04. The molecule has 0 aromatic heterocycles. The van der Waals surface area contributed by atoms with Gasteiger partial charge in [0.25, 0.3) is 0 Å². The van der Waals surface area contributed by atoms with Crippen LogP contribution in [0, 0.1) is 5.92 Å². The van der Waals surface area contributed by atoms with Crippen molar-refractivity contribution in [2.45, 2.75) is 44.9 Å². The molecule has 0 aliphatic heterocycles. The van der Waals surface area contributed by atoms with Crippen molar-refractivity contribution in [1.82, 2.24) is 0 Å². The number of hydrogen-bond donors (Lipinski definition) is 0. The molecule has 1 aliphatic carbocycles. The van der Waals surface area contributed by atoms with Gasteiger partial charge in [0.2, 0.25) is 0 Å². The van der Waals surface area contributed by atoms with Crippen LogP contribution in [0.5, 0.6) is 0 Å². The highest BCUT2D eigenvalue weighted by atomic mass is 14.2. The van der Waals surface area contributed by atoms with Crippen LogP contribution in [0.25, 0.3) is 6.08 Å². The Morgan fingerprint density at radius 2 is 2.00 bits per heavy atom. The average Bonchev–Trinajstić information content (AvgIpc) is 2.38. The first-order valence-corrected chi connectivity index (χ1v) is 6.60. The molecule has 2 rings (SSSR count). The molecule has 0 heterocycles. The summed E-state index contributed by atoms with van der Waals surface area (Å²) in [6, 6.07) is 8.79. The molecule has 1 saturated carbocycles. The van der Waals surface area contributed by atoms with Crippen molar-refractivity contribution in [3.63, 3.8) is 0 Å². The van der Waals surface area contributed by atoms with Gasteiger partial charge >= 0.3 is 0 Å². The monoisotopic (exact) mass is 214 g/mol. The van der Waals surface area contributed by atoms with Crippen LogP contribution in [0.2, 0.25) is 0 Å². The SMILES string of the molecule is C=Cc1cccc(CCC2CCCCC2)c1. The van der Waals surface area contributed by atoms with Gasteiger partial charge in [-0.1, -0.05) is 69.0 Å². The van der Waals surface area contributed by atoms with Crippen molar-refractivity contribution in [2.24, 2.45) is 5.92 Å². The summed E-state index contributed by atoms with van der Waals surface area (Å²) >= 11 is 0. The minimum absolute atomic E-state index is 0.987. The summed E-state index contributed by atoms with van der Waals surface area (Å²) in [7, 11) is 0. The minimum Gasteiger partial charge on any atom is -0.0985 e. The molecule has 0 spiro atoms. The molecular formula is C16H22. The topological polar surface area (TPSA) is 0 Å². The van der Waals surface area contributed by atoms with Gasteiger partial charge in [0.05, 0.1) is 0 Å². The Morgan fingerprint density at radius 3 is 2.75 bits per heavy atom. The van der Waals surface area contributed by atoms with E-state index in [0.717, 1.165) is 5.92 Å². The summed E-state index contributed by atoms with van der Waals surface area (Å²) in [5, 5.41) is 0. The Morgan fingerprint density at radius 1 is 1.19 bits per heavy atom. The Balaban J connectivity index is 1.85. The smallest absolute Gasteiger partial charge is 0.0260 e. The van der Waals surface area contributed by atoms with Crippen LogP contribution in [0.1, 0.15) is 49.7 Å². The summed E-state index contributed by atoms with van der Waals surface area (Å²) in [4.78, 5) is 0. The van der Waals surface area contributed by atoms with Gasteiger partial charge in [0.15, 0.2) is 0 Å². The maximum atomic E-state index is 3.82. The molecule has 16 heavy (non-hydrogen) atoms. The largest absolute Gasteiger partial charge is 0.0985 e. The Bertz CT molecular complexity index is 332. The van der Waals surface area contributed by atoms with E-state index >= 15 is 0 Å². The quantitative estimate of drug-likeness (QED) is 0.672. The van der Waals surface area contributed by atoms with Crippen LogP contribution in [0.15, 0.2) is 30.8 Å². The van der Waals surface area contributed by atoms with Gasteiger partial charge in [-0.3, -0.25) is 0 Å². The van der Waals surface area contributed by atoms with Gasteiger partial charge in [-0.25, -0.2) is 0 Å². The zero-order chi connectivity index (χ0) is 11.2. The first-order chi connectivity index (χ1) is 7.88. The predicted octanol–water partition coefficient (Wildman–Crippen LogP) is 4.84. The van der Waals surface area contributed by atoms with Crippen LogP contribution < -0.4 is 0 Å². The van der Waals surface area contributed by atoms with Crippen LogP contribution >= 0.6 is 0 Å². The molecule has 1 aromatic rings. The first kappa shape index (κ1) is 11.4. The third-order valence-corrected chi connectivity index (χ3v) is 3.75. The molecule has 0 unspecified atom stereocenters. The molecule has 0 radical (unpaired) electrons. The molecule has 0 heteroatoms. The van der Waals surface area contributed by atoms with E-state index in [9.17, 15) is 0 Å². The van der Waals surface area contributed by atoms with Crippen molar-refractivity contribution in [1.29, 1.82) is 0 Å². The summed E-state index contributed by atoms with van der Waals surface area (Å²) in [6.07, 6.45) is 11.8. The van der Waals surface area contributed by atoms with Gasteiger partial charge < -0.3 is 0 Å². The third kappa shape index (κ3) is 3.23. The van der Waals surface area contributed by atoms with Crippen LogP contribution in [-0.2, 0) is 6.42 Å². The molecule has 0 N–H and O–H groups in total. The highest BCUT2D eigenvalue weighted by molar-refractivity contribution is 5.47. The molecular weight excluding hydrogens is 192 g/mol. The van der Waals surface area contributed by atoms with E-state index in [0.29, 0.717) is 0 Å². The fourth-order valence-electron chi connectivity index (χ4n) is 2.72.